The van der Waals surface area contributed by atoms with Gasteiger partial charge in [-0.1, -0.05) is 12.1 Å². The van der Waals surface area contributed by atoms with Crippen LogP contribution in [0.1, 0.15) is 32.3 Å². The van der Waals surface area contributed by atoms with Gasteiger partial charge in [0.2, 0.25) is 10.0 Å². The average Bonchev–Trinajstić information content (AvgIpc) is 3.05. The first kappa shape index (κ1) is 19.7. The highest BCUT2D eigenvalue weighted by Crippen LogP contribution is 2.23. The van der Waals surface area contributed by atoms with Crippen molar-refractivity contribution < 1.29 is 13.2 Å². The molecule has 7 nitrogen and oxygen atoms in total. The van der Waals surface area contributed by atoms with Gasteiger partial charge in [0.25, 0.3) is 0 Å². The molecule has 8 heteroatoms. The molecule has 25 heavy (non-hydrogen) atoms. The van der Waals surface area contributed by atoms with E-state index in [1.165, 1.54) is 7.05 Å². The number of nitrogens with one attached hydrogen (secondary N) is 3. The fraction of sp³-hybridized carbons (Fsp3) is 0.588. The Labute approximate surface area is 150 Å². The molecule has 1 fully saturated rings. The number of aliphatic imine (C=N–C) groups is 1. The predicted octanol–water partition coefficient (Wildman–Crippen LogP) is 1.22. The molecule has 140 valence electrons. The highest BCUT2D eigenvalue weighted by Gasteiger charge is 2.29. The molecule has 0 bridgehead atoms. The number of nitrogens with zero attached hydrogens (tertiary/aromatic N) is 1. The maximum absolute atomic E-state index is 11.7. The average molecular weight is 369 g/mol. The first-order valence-corrected chi connectivity index (χ1v) is 10.1. The van der Waals surface area contributed by atoms with Crippen molar-refractivity contribution in [3.8, 4) is 0 Å². The lowest BCUT2D eigenvalue weighted by Gasteiger charge is -2.24. The van der Waals surface area contributed by atoms with Crippen molar-refractivity contribution in [2.24, 2.45) is 4.99 Å². The zero-order chi connectivity index (χ0) is 18.3. The minimum absolute atomic E-state index is 0.140. The van der Waals surface area contributed by atoms with Crippen molar-refractivity contribution in [2.45, 2.75) is 43.7 Å². The number of rotatable bonds is 7. The number of sulfonamides is 1. The summed E-state index contributed by atoms with van der Waals surface area (Å²) in [6, 6.07) is 6.73. The van der Waals surface area contributed by atoms with Crippen molar-refractivity contribution in [1.29, 1.82) is 0 Å². The Hall–Kier alpha value is -1.64. The molecule has 1 aromatic carbocycles. The van der Waals surface area contributed by atoms with E-state index < -0.39 is 10.0 Å². The van der Waals surface area contributed by atoms with Crippen LogP contribution in [0.3, 0.4) is 0 Å². The molecule has 0 radical (unpaired) electrons. The van der Waals surface area contributed by atoms with Gasteiger partial charge in [-0.05, 0) is 51.4 Å². The van der Waals surface area contributed by atoms with Gasteiger partial charge >= 0.3 is 0 Å². The van der Waals surface area contributed by atoms with Gasteiger partial charge < -0.3 is 15.4 Å². The minimum Gasteiger partial charge on any atom is -0.373 e. The molecule has 1 heterocycles. The van der Waals surface area contributed by atoms with Crippen molar-refractivity contribution in [3.05, 3.63) is 29.8 Å². The van der Waals surface area contributed by atoms with Crippen LogP contribution in [0.2, 0.25) is 0 Å². The van der Waals surface area contributed by atoms with Gasteiger partial charge in [0.15, 0.2) is 5.96 Å². The first-order valence-electron chi connectivity index (χ1n) is 8.57. The molecule has 1 saturated heterocycles. The van der Waals surface area contributed by atoms with Crippen molar-refractivity contribution >= 4 is 16.0 Å². The molecule has 2 rings (SSSR count). The topological polar surface area (TPSA) is 91.8 Å². The van der Waals surface area contributed by atoms with E-state index in [0.717, 1.165) is 37.5 Å². The molecule has 0 aliphatic carbocycles. The molecular weight excluding hydrogens is 340 g/mol. The molecule has 1 unspecified atom stereocenters. The molecular formula is C17H28N4O3S. The van der Waals surface area contributed by atoms with Gasteiger partial charge in [-0.2, -0.15) is 0 Å². The maximum atomic E-state index is 11.7. The second-order valence-electron chi connectivity index (χ2n) is 6.30. The van der Waals surface area contributed by atoms with Crippen molar-refractivity contribution in [2.75, 3.05) is 26.7 Å². The van der Waals surface area contributed by atoms with Crippen LogP contribution in [0.25, 0.3) is 0 Å². The Morgan fingerprint density at radius 3 is 2.56 bits per heavy atom. The second-order valence-corrected chi connectivity index (χ2v) is 8.19. The Morgan fingerprint density at radius 1 is 1.28 bits per heavy atom. The lowest BCUT2D eigenvalue weighted by molar-refractivity contribution is 0.0243. The van der Waals surface area contributed by atoms with E-state index in [2.05, 4.69) is 27.3 Å². The largest absolute Gasteiger partial charge is 0.373 e. The minimum atomic E-state index is -3.40. The van der Waals surface area contributed by atoms with Crippen LogP contribution in [0.4, 0.5) is 0 Å². The first-order chi connectivity index (χ1) is 11.9. The van der Waals surface area contributed by atoms with Gasteiger partial charge in [-0.3, -0.25) is 0 Å². The summed E-state index contributed by atoms with van der Waals surface area (Å²) in [5, 5.41) is 6.54. The Balaban J connectivity index is 1.98. The van der Waals surface area contributed by atoms with Crippen LogP contribution in [0.15, 0.2) is 34.2 Å². The summed E-state index contributed by atoms with van der Waals surface area (Å²) in [5.74, 6) is 0.728. The summed E-state index contributed by atoms with van der Waals surface area (Å²) in [4.78, 5) is 4.81. The standard InChI is InChI=1S/C17H28N4O3S/c1-4-19-16(21-13-17(2)10-5-11-24-17)20-12-14-6-8-15(9-7-14)25(22,23)18-3/h6-9,18H,4-5,10-13H2,1-3H3,(H2,19,20,21). The van der Waals surface area contributed by atoms with E-state index in [4.69, 9.17) is 4.74 Å². The summed E-state index contributed by atoms with van der Waals surface area (Å²) < 4.78 is 31.6. The van der Waals surface area contributed by atoms with Crippen LogP contribution in [0, 0.1) is 0 Å². The summed E-state index contributed by atoms with van der Waals surface area (Å²) in [7, 11) is -2.00. The van der Waals surface area contributed by atoms with Gasteiger partial charge in [0, 0.05) is 19.7 Å². The summed E-state index contributed by atoms with van der Waals surface area (Å²) in [6.07, 6.45) is 2.13. The zero-order valence-corrected chi connectivity index (χ0v) is 15.9. The van der Waals surface area contributed by atoms with Crippen LogP contribution < -0.4 is 15.4 Å². The van der Waals surface area contributed by atoms with E-state index in [0.29, 0.717) is 13.1 Å². The summed E-state index contributed by atoms with van der Waals surface area (Å²) in [6.45, 7) is 6.88. The number of guanidine groups is 1. The normalized spacial score (nSPS) is 21.3. The SMILES string of the molecule is CCNC(=NCc1ccc(S(=O)(=O)NC)cc1)NCC1(C)CCCO1. The van der Waals surface area contributed by atoms with Crippen LogP contribution in [-0.4, -0.2) is 46.7 Å². The fourth-order valence-corrected chi connectivity index (χ4v) is 3.38. The molecule has 0 amide bonds. The second kappa shape index (κ2) is 8.64. The van der Waals surface area contributed by atoms with Crippen LogP contribution >= 0.6 is 0 Å². The van der Waals surface area contributed by atoms with E-state index in [1.807, 2.05) is 6.92 Å². The number of hydrogen-bond donors (Lipinski definition) is 3. The Kier molecular flexibility index (Phi) is 6.80. The van der Waals surface area contributed by atoms with Crippen LogP contribution in [0.5, 0.6) is 0 Å². The van der Waals surface area contributed by atoms with E-state index in [9.17, 15) is 8.42 Å². The van der Waals surface area contributed by atoms with Crippen LogP contribution in [-0.2, 0) is 21.3 Å². The number of ether oxygens (including phenoxy) is 1. The highest BCUT2D eigenvalue weighted by molar-refractivity contribution is 7.89. The lowest BCUT2D eigenvalue weighted by Crippen LogP contribution is -2.45. The summed E-state index contributed by atoms with van der Waals surface area (Å²) in [5.41, 5.74) is 0.801. The van der Waals surface area contributed by atoms with Crippen molar-refractivity contribution in [3.63, 3.8) is 0 Å². The van der Waals surface area contributed by atoms with E-state index in [-0.39, 0.29) is 10.5 Å². The van der Waals surface area contributed by atoms with Crippen molar-refractivity contribution in [1.82, 2.24) is 15.4 Å². The third-order valence-corrected chi connectivity index (χ3v) is 5.63. The number of benzene rings is 1. The summed E-state index contributed by atoms with van der Waals surface area (Å²) >= 11 is 0. The smallest absolute Gasteiger partial charge is 0.240 e. The molecule has 0 saturated carbocycles. The third kappa shape index (κ3) is 5.69. The monoisotopic (exact) mass is 368 g/mol. The molecule has 1 aliphatic rings. The Bertz CT molecular complexity index is 680. The van der Waals surface area contributed by atoms with E-state index >= 15 is 0 Å². The highest BCUT2D eigenvalue weighted by atomic mass is 32.2. The Morgan fingerprint density at radius 2 is 2.00 bits per heavy atom. The predicted molar refractivity (Wildman–Crippen MR) is 99.1 cm³/mol. The molecule has 3 N–H and O–H groups in total. The van der Waals surface area contributed by atoms with Gasteiger partial charge in [0.1, 0.15) is 0 Å². The maximum Gasteiger partial charge on any atom is 0.240 e. The molecule has 1 atom stereocenters. The fourth-order valence-electron chi connectivity index (χ4n) is 2.65. The molecule has 1 aliphatic heterocycles. The lowest BCUT2D eigenvalue weighted by atomic mass is 10.0. The third-order valence-electron chi connectivity index (χ3n) is 4.20. The quantitative estimate of drug-likeness (QED) is 0.497. The van der Waals surface area contributed by atoms with Gasteiger partial charge in [-0.25, -0.2) is 18.1 Å². The molecule has 1 aromatic rings. The van der Waals surface area contributed by atoms with Gasteiger partial charge in [-0.15, -0.1) is 0 Å². The molecule has 0 spiro atoms. The van der Waals surface area contributed by atoms with Gasteiger partial charge in [0.05, 0.1) is 17.0 Å². The number of hydrogen-bond acceptors (Lipinski definition) is 4. The molecule has 0 aromatic heterocycles. The van der Waals surface area contributed by atoms with E-state index in [1.54, 1.807) is 24.3 Å². The zero-order valence-electron chi connectivity index (χ0n) is 15.1.